The molecule has 3 aliphatic rings. The lowest BCUT2D eigenvalue weighted by Gasteiger charge is -2.41. The van der Waals surface area contributed by atoms with E-state index in [1.165, 1.54) is 5.56 Å². The summed E-state index contributed by atoms with van der Waals surface area (Å²) in [6, 6.07) is 12.5. The molecule has 44 heavy (non-hydrogen) atoms. The maximum Gasteiger partial charge on any atom is 0.337 e. The van der Waals surface area contributed by atoms with Crippen LogP contribution in [-0.4, -0.2) is 61.6 Å². The van der Waals surface area contributed by atoms with Gasteiger partial charge in [-0.15, -0.1) is 0 Å². The van der Waals surface area contributed by atoms with Gasteiger partial charge in [0.2, 0.25) is 0 Å². The number of carboxylic acids is 1. The molecule has 1 atom stereocenters. The summed E-state index contributed by atoms with van der Waals surface area (Å²) in [5.41, 5.74) is 6.16. The monoisotopic (exact) mass is 597 g/mol. The summed E-state index contributed by atoms with van der Waals surface area (Å²) in [6.07, 6.45) is 8.46. The Morgan fingerprint density at radius 1 is 1.09 bits per heavy atom. The Labute approximate surface area is 259 Å². The molecule has 1 fully saturated rings. The Kier molecular flexibility index (Phi) is 8.20. The molecular weight excluding hydrogens is 554 g/mol. The van der Waals surface area contributed by atoms with Crippen molar-refractivity contribution in [2.75, 3.05) is 24.6 Å². The van der Waals surface area contributed by atoms with E-state index >= 15 is 0 Å². The average Bonchev–Trinajstić information content (AvgIpc) is 3.41. The normalized spacial score (nSPS) is 18.0. The number of fused-ring (bicyclic) bond motifs is 7. The van der Waals surface area contributed by atoms with Gasteiger partial charge in [-0.1, -0.05) is 24.6 Å². The number of aryl methyl sites for hydroxylation is 2. The van der Waals surface area contributed by atoms with Crippen LogP contribution in [0.3, 0.4) is 0 Å². The molecular formula is C35H43N5O4. The Morgan fingerprint density at radius 2 is 1.86 bits per heavy atom. The fourth-order valence-corrected chi connectivity index (χ4v) is 6.45. The molecule has 232 valence electrons. The molecule has 7 rings (SSSR count). The maximum absolute atomic E-state index is 12.8. The minimum Gasteiger partial charge on any atom is -0.479 e. The van der Waals surface area contributed by atoms with Gasteiger partial charge in [0.1, 0.15) is 5.82 Å². The van der Waals surface area contributed by atoms with Crippen LogP contribution in [0.4, 0.5) is 5.82 Å². The van der Waals surface area contributed by atoms with Crippen LogP contribution < -0.4 is 4.90 Å². The van der Waals surface area contributed by atoms with Gasteiger partial charge in [0.05, 0.1) is 22.5 Å². The highest BCUT2D eigenvalue weighted by atomic mass is 16.5. The lowest BCUT2D eigenvalue weighted by atomic mass is 9.92. The molecule has 3 aliphatic heterocycles. The fourth-order valence-electron chi connectivity index (χ4n) is 6.45. The Balaban J connectivity index is 1.54. The highest BCUT2D eigenvalue weighted by Gasteiger charge is 2.37. The first-order chi connectivity index (χ1) is 21.0. The summed E-state index contributed by atoms with van der Waals surface area (Å²) >= 11 is 0. The van der Waals surface area contributed by atoms with Crippen molar-refractivity contribution in [2.24, 2.45) is 0 Å². The topological polar surface area (TPSA) is 102 Å². The lowest BCUT2D eigenvalue weighted by Crippen LogP contribution is -2.46. The second-order valence-electron chi connectivity index (χ2n) is 13.4. The fraction of sp³-hybridized carbons (Fsp3) is 0.486. The molecule has 1 aromatic carbocycles. The first-order valence-electron chi connectivity index (χ1n) is 15.7. The van der Waals surface area contributed by atoms with E-state index in [2.05, 4.69) is 47.1 Å². The number of pyridine rings is 1. The summed E-state index contributed by atoms with van der Waals surface area (Å²) < 4.78 is 14.5. The van der Waals surface area contributed by atoms with Gasteiger partial charge < -0.3 is 19.5 Å². The first-order valence-corrected chi connectivity index (χ1v) is 15.7. The summed E-state index contributed by atoms with van der Waals surface area (Å²) in [7, 11) is 0. The number of rotatable bonds is 3. The Morgan fingerprint density at radius 3 is 2.61 bits per heavy atom. The summed E-state index contributed by atoms with van der Waals surface area (Å²) in [6.45, 7) is 11.8. The number of aromatic nitrogens is 4. The van der Waals surface area contributed by atoms with Crippen LogP contribution in [0.2, 0.25) is 0 Å². The zero-order valence-corrected chi connectivity index (χ0v) is 26.5. The molecule has 0 spiro atoms. The quantitative estimate of drug-likeness (QED) is 0.275. The first kappa shape index (κ1) is 30.2. The van der Waals surface area contributed by atoms with Gasteiger partial charge in [0.25, 0.3) is 0 Å². The summed E-state index contributed by atoms with van der Waals surface area (Å²) in [4.78, 5) is 24.3. The summed E-state index contributed by atoms with van der Waals surface area (Å²) in [5, 5.41) is 15.5. The molecule has 4 aromatic rings. The van der Waals surface area contributed by atoms with Crippen molar-refractivity contribution in [1.29, 1.82) is 0 Å². The number of hydrogen-bond acceptors (Lipinski definition) is 7. The highest BCUT2D eigenvalue weighted by molar-refractivity contribution is 5.79. The molecule has 9 nitrogen and oxygen atoms in total. The highest BCUT2D eigenvalue weighted by Crippen LogP contribution is 2.39. The lowest BCUT2D eigenvalue weighted by molar-refractivity contribution is -0.160. The van der Waals surface area contributed by atoms with Crippen LogP contribution in [0, 0.1) is 6.92 Å². The third kappa shape index (κ3) is 6.21. The third-order valence-electron chi connectivity index (χ3n) is 8.80. The van der Waals surface area contributed by atoms with Crippen LogP contribution in [-0.2, 0) is 20.7 Å². The Bertz CT molecular complexity index is 1670. The smallest absolute Gasteiger partial charge is 0.337 e. The number of carbonyl (C=O) groups is 1. The minimum absolute atomic E-state index is 0.235. The maximum atomic E-state index is 12.8. The van der Waals surface area contributed by atoms with Gasteiger partial charge >= 0.3 is 5.97 Å². The zero-order chi connectivity index (χ0) is 31.1. The van der Waals surface area contributed by atoms with Crippen LogP contribution in [0.15, 0.2) is 48.8 Å². The van der Waals surface area contributed by atoms with Gasteiger partial charge in [-0.05, 0) is 90.0 Å². The Hall–Kier alpha value is -3.82. The van der Waals surface area contributed by atoms with Crippen LogP contribution >= 0.6 is 0 Å². The van der Waals surface area contributed by atoms with Crippen molar-refractivity contribution in [1.82, 2.24) is 19.6 Å². The SMILES string of the molecule is Cc1nc2cc3nn2c(c1[C@H](OC(C)(C)C)C(=O)O)N1CCC(C)(CC1)OCCCCCc1ccncc1-c1cccc-3c1. The van der Waals surface area contributed by atoms with E-state index in [0.29, 0.717) is 30.0 Å². The van der Waals surface area contributed by atoms with E-state index in [0.717, 1.165) is 73.3 Å². The van der Waals surface area contributed by atoms with Crippen molar-refractivity contribution in [2.45, 2.75) is 90.4 Å². The van der Waals surface area contributed by atoms with Crippen molar-refractivity contribution in [3.05, 3.63) is 65.6 Å². The van der Waals surface area contributed by atoms with E-state index in [1.54, 1.807) is 0 Å². The van der Waals surface area contributed by atoms with Crippen molar-refractivity contribution in [3.63, 3.8) is 0 Å². The average molecular weight is 598 g/mol. The molecule has 1 N–H and O–H groups in total. The number of anilines is 1. The molecule has 0 amide bonds. The number of carboxylic acid groups (broad SMARTS) is 1. The molecule has 6 heterocycles. The molecule has 0 aliphatic carbocycles. The van der Waals surface area contributed by atoms with Crippen LogP contribution in [0.25, 0.3) is 28.0 Å². The van der Waals surface area contributed by atoms with E-state index in [1.807, 2.05) is 50.7 Å². The molecule has 1 saturated heterocycles. The zero-order valence-electron chi connectivity index (χ0n) is 26.5. The number of piperidine rings is 1. The second-order valence-corrected chi connectivity index (χ2v) is 13.4. The number of ether oxygens (including phenoxy) is 2. The number of hydrogen-bond donors (Lipinski definition) is 1. The number of nitrogens with zero attached hydrogens (tertiary/aromatic N) is 5. The van der Waals surface area contributed by atoms with Crippen molar-refractivity contribution >= 4 is 17.4 Å². The van der Waals surface area contributed by atoms with Gasteiger partial charge in [-0.3, -0.25) is 4.98 Å². The van der Waals surface area contributed by atoms with Crippen LogP contribution in [0.1, 0.15) is 82.7 Å². The van der Waals surface area contributed by atoms with E-state index in [4.69, 9.17) is 19.6 Å². The van der Waals surface area contributed by atoms with Gasteiger partial charge in [-0.2, -0.15) is 9.61 Å². The molecule has 3 aromatic heterocycles. The molecule has 0 saturated carbocycles. The largest absolute Gasteiger partial charge is 0.479 e. The molecule has 0 radical (unpaired) electrons. The standard InChI is InChI=1S/C35H43N5O4/c1-23-30(31(33(41)42)44-34(2,3)4)32-39-17-14-35(5,15-18-39)43-19-8-6-7-10-24-13-16-36-22-27(24)25-11-9-12-26(20-25)28-21-29(37-23)40(32)38-28/h9,11-13,16,20-22,31H,6-8,10,14-15,17-19H2,1-5H3,(H,41,42)/t31-/m0/s1. The molecule has 6 bridgehead atoms. The predicted octanol–water partition coefficient (Wildman–Crippen LogP) is 6.81. The van der Waals surface area contributed by atoms with Crippen molar-refractivity contribution < 1.29 is 19.4 Å². The minimum atomic E-state index is -1.20. The molecule has 9 heteroatoms. The van der Waals surface area contributed by atoms with Crippen LogP contribution in [0.5, 0.6) is 0 Å². The van der Waals surface area contributed by atoms with Gasteiger partial charge in [-0.25, -0.2) is 9.78 Å². The number of benzene rings is 1. The van der Waals surface area contributed by atoms with Gasteiger partial charge in [0.15, 0.2) is 11.8 Å². The summed E-state index contributed by atoms with van der Waals surface area (Å²) in [5.74, 6) is -0.324. The predicted molar refractivity (Wildman–Crippen MR) is 171 cm³/mol. The van der Waals surface area contributed by atoms with E-state index in [9.17, 15) is 9.90 Å². The van der Waals surface area contributed by atoms with Gasteiger partial charge in [0, 0.05) is 55.0 Å². The van der Waals surface area contributed by atoms with Crippen molar-refractivity contribution in [3.8, 4) is 22.4 Å². The second kappa shape index (κ2) is 11.9. The number of aliphatic carboxylic acids is 1. The molecule has 0 unspecified atom stereocenters. The third-order valence-corrected chi connectivity index (χ3v) is 8.80. The van der Waals surface area contributed by atoms with E-state index in [-0.39, 0.29) is 5.60 Å². The van der Waals surface area contributed by atoms with E-state index < -0.39 is 17.7 Å².